The number of amides is 1. The molecule has 29 heavy (non-hydrogen) atoms. The number of nitrogens with zero attached hydrogens (tertiary/aromatic N) is 3. The molecule has 0 N–H and O–H groups in total. The van der Waals surface area contributed by atoms with Gasteiger partial charge in [-0.1, -0.05) is 31.1 Å². The molecule has 8 heteroatoms. The molecule has 2 heterocycles. The first kappa shape index (κ1) is 20.1. The van der Waals surface area contributed by atoms with E-state index in [4.69, 9.17) is 4.52 Å². The first-order valence-electron chi connectivity index (χ1n) is 10.3. The van der Waals surface area contributed by atoms with Crippen LogP contribution >= 0.6 is 0 Å². The number of rotatable bonds is 6. The lowest BCUT2D eigenvalue weighted by Crippen LogP contribution is -2.50. The number of hydrogen-bond donors (Lipinski definition) is 0. The van der Waals surface area contributed by atoms with E-state index in [9.17, 15) is 13.2 Å². The van der Waals surface area contributed by atoms with Crippen LogP contribution in [0.15, 0.2) is 39.8 Å². The molecule has 1 atom stereocenters. The highest BCUT2D eigenvalue weighted by Crippen LogP contribution is 2.40. The average molecular weight is 418 g/mol. The standard InChI is InChI=1S/C21H27N3O4S/c1-3-15(2)16-6-8-18(9-7-16)29(26,27)24-12-10-23(11-13-24)21(25)19-14-20(28-22-19)17-4-5-17/h6-9,14-15,17H,3-5,10-13H2,1-2H3. The Bertz CT molecular complexity index is 972. The molecule has 0 bridgehead atoms. The number of piperazine rings is 1. The maximum atomic E-state index is 13.0. The van der Waals surface area contributed by atoms with E-state index in [1.807, 2.05) is 12.1 Å². The van der Waals surface area contributed by atoms with Crippen molar-refractivity contribution in [1.29, 1.82) is 0 Å². The van der Waals surface area contributed by atoms with Crippen molar-refractivity contribution in [1.82, 2.24) is 14.4 Å². The van der Waals surface area contributed by atoms with Crippen LogP contribution in [0, 0.1) is 0 Å². The smallest absolute Gasteiger partial charge is 0.276 e. The van der Waals surface area contributed by atoms with Gasteiger partial charge in [0, 0.05) is 38.2 Å². The Hall–Kier alpha value is -2.19. The Kier molecular flexibility index (Phi) is 5.48. The third-order valence-corrected chi connectivity index (χ3v) is 7.87. The number of sulfonamides is 1. The molecule has 1 unspecified atom stereocenters. The van der Waals surface area contributed by atoms with Gasteiger partial charge in [0.1, 0.15) is 5.76 Å². The molecule has 2 fully saturated rings. The molecule has 1 aliphatic carbocycles. The summed E-state index contributed by atoms with van der Waals surface area (Å²) in [4.78, 5) is 14.6. The quantitative estimate of drug-likeness (QED) is 0.721. The van der Waals surface area contributed by atoms with Gasteiger partial charge in [-0.3, -0.25) is 4.79 Å². The highest BCUT2D eigenvalue weighted by Gasteiger charge is 2.33. The first-order valence-corrected chi connectivity index (χ1v) is 11.7. The van der Waals surface area contributed by atoms with Crippen LogP contribution in [0.3, 0.4) is 0 Å². The molecule has 2 aliphatic rings. The van der Waals surface area contributed by atoms with Gasteiger partial charge in [-0.15, -0.1) is 0 Å². The summed E-state index contributed by atoms with van der Waals surface area (Å²) >= 11 is 0. The summed E-state index contributed by atoms with van der Waals surface area (Å²) in [5.41, 5.74) is 1.45. The predicted octanol–water partition coefficient (Wildman–Crippen LogP) is 3.21. The summed E-state index contributed by atoms with van der Waals surface area (Å²) in [6, 6.07) is 8.87. The van der Waals surface area contributed by atoms with E-state index in [1.165, 1.54) is 4.31 Å². The Morgan fingerprint density at radius 1 is 1.17 bits per heavy atom. The molecule has 0 spiro atoms. The number of carbonyl (C=O) groups is 1. The minimum absolute atomic E-state index is 0.199. The lowest BCUT2D eigenvalue weighted by Gasteiger charge is -2.33. The summed E-state index contributed by atoms with van der Waals surface area (Å²) in [7, 11) is -3.56. The Labute approximate surface area is 171 Å². The Morgan fingerprint density at radius 3 is 2.41 bits per heavy atom. The summed E-state index contributed by atoms with van der Waals surface area (Å²) in [5.74, 6) is 1.38. The minimum Gasteiger partial charge on any atom is -0.360 e. The highest BCUT2D eigenvalue weighted by molar-refractivity contribution is 7.89. The van der Waals surface area contributed by atoms with E-state index in [-0.39, 0.29) is 19.0 Å². The fourth-order valence-electron chi connectivity index (χ4n) is 3.60. The summed E-state index contributed by atoms with van der Waals surface area (Å²) in [5, 5.41) is 3.90. The van der Waals surface area contributed by atoms with Gasteiger partial charge < -0.3 is 9.42 Å². The first-order chi connectivity index (χ1) is 13.9. The maximum absolute atomic E-state index is 13.0. The molecule has 1 aromatic carbocycles. The zero-order chi connectivity index (χ0) is 20.6. The van der Waals surface area contributed by atoms with Crippen LogP contribution in [0.25, 0.3) is 0 Å². The van der Waals surface area contributed by atoms with Gasteiger partial charge in [0.15, 0.2) is 5.69 Å². The second-order valence-electron chi connectivity index (χ2n) is 7.96. The topological polar surface area (TPSA) is 83.7 Å². The molecular weight excluding hydrogens is 390 g/mol. The summed E-state index contributed by atoms with van der Waals surface area (Å²) in [6.07, 6.45) is 3.17. The molecule has 4 rings (SSSR count). The second kappa shape index (κ2) is 7.91. The highest BCUT2D eigenvalue weighted by atomic mass is 32.2. The monoisotopic (exact) mass is 417 g/mol. The molecule has 1 amide bonds. The van der Waals surface area contributed by atoms with Gasteiger partial charge in [0.2, 0.25) is 10.0 Å². The molecule has 2 aromatic rings. The van der Waals surface area contributed by atoms with Crippen molar-refractivity contribution in [3.05, 3.63) is 47.3 Å². The maximum Gasteiger partial charge on any atom is 0.276 e. The number of aromatic nitrogens is 1. The zero-order valence-electron chi connectivity index (χ0n) is 16.9. The van der Waals surface area contributed by atoms with Crippen LogP contribution in [-0.4, -0.2) is 54.9 Å². The number of benzene rings is 1. The molecule has 1 aliphatic heterocycles. The molecule has 156 valence electrons. The van der Waals surface area contributed by atoms with Crippen molar-refractivity contribution >= 4 is 15.9 Å². The lowest BCUT2D eigenvalue weighted by molar-refractivity contribution is 0.0687. The lowest BCUT2D eigenvalue weighted by atomic mass is 9.99. The SMILES string of the molecule is CCC(C)c1ccc(S(=O)(=O)N2CCN(C(=O)c3cc(C4CC4)on3)CC2)cc1. The zero-order valence-corrected chi connectivity index (χ0v) is 17.7. The molecule has 1 aromatic heterocycles. The average Bonchev–Trinajstić information content (AvgIpc) is 3.49. The van der Waals surface area contributed by atoms with Gasteiger partial charge in [-0.25, -0.2) is 8.42 Å². The Morgan fingerprint density at radius 2 is 1.83 bits per heavy atom. The van der Waals surface area contributed by atoms with E-state index in [1.54, 1.807) is 23.1 Å². The van der Waals surface area contributed by atoms with E-state index < -0.39 is 10.0 Å². The van der Waals surface area contributed by atoms with Gasteiger partial charge in [0.05, 0.1) is 4.90 Å². The largest absolute Gasteiger partial charge is 0.360 e. The fourth-order valence-corrected chi connectivity index (χ4v) is 5.02. The molecular formula is C21H27N3O4S. The molecule has 1 saturated carbocycles. The van der Waals surface area contributed by atoms with Crippen molar-refractivity contribution < 1.29 is 17.7 Å². The van der Waals surface area contributed by atoms with E-state index in [0.29, 0.717) is 35.5 Å². The van der Waals surface area contributed by atoms with Gasteiger partial charge in [-0.2, -0.15) is 4.31 Å². The van der Waals surface area contributed by atoms with Crippen molar-refractivity contribution in [2.45, 2.75) is 49.8 Å². The summed E-state index contributed by atoms with van der Waals surface area (Å²) < 4.78 is 32.6. The second-order valence-corrected chi connectivity index (χ2v) is 9.90. The Balaban J connectivity index is 1.39. The van der Waals surface area contributed by atoms with Crippen molar-refractivity contribution in [2.75, 3.05) is 26.2 Å². The van der Waals surface area contributed by atoms with Crippen molar-refractivity contribution in [3.63, 3.8) is 0 Å². The van der Waals surface area contributed by atoms with E-state index in [0.717, 1.165) is 30.6 Å². The van der Waals surface area contributed by atoms with E-state index >= 15 is 0 Å². The number of hydrogen-bond acceptors (Lipinski definition) is 5. The third kappa shape index (κ3) is 4.09. The minimum atomic E-state index is -3.56. The van der Waals surface area contributed by atoms with Crippen LogP contribution in [-0.2, 0) is 10.0 Å². The van der Waals surface area contributed by atoms with Crippen molar-refractivity contribution in [3.8, 4) is 0 Å². The van der Waals surface area contributed by atoms with Crippen molar-refractivity contribution in [2.24, 2.45) is 0 Å². The van der Waals surface area contributed by atoms with Crippen LogP contribution in [0.5, 0.6) is 0 Å². The number of carbonyl (C=O) groups excluding carboxylic acids is 1. The summed E-state index contributed by atoms with van der Waals surface area (Å²) in [6.45, 7) is 5.47. The molecule has 7 nitrogen and oxygen atoms in total. The van der Waals surface area contributed by atoms with Crippen LogP contribution < -0.4 is 0 Å². The van der Waals surface area contributed by atoms with Gasteiger partial charge in [-0.05, 0) is 42.9 Å². The molecule has 1 saturated heterocycles. The van der Waals surface area contributed by atoms with E-state index in [2.05, 4.69) is 19.0 Å². The molecule has 0 radical (unpaired) electrons. The van der Waals surface area contributed by atoms with Crippen LogP contribution in [0.2, 0.25) is 0 Å². The predicted molar refractivity (Wildman–Crippen MR) is 108 cm³/mol. The fraction of sp³-hybridized carbons (Fsp3) is 0.524. The third-order valence-electron chi connectivity index (χ3n) is 5.95. The van der Waals surface area contributed by atoms with Crippen LogP contribution in [0.4, 0.5) is 0 Å². The normalized spacial score (nSPS) is 19.3. The van der Waals surface area contributed by atoms with Crippen LogP contribution in [0.1, 0.15) is 66.8 Å². The van der Waals surface area contributed by atoms with Gasteiger partial charge in [0.25, 0.3) is 5.91 Å². The van der Waals surface area contributed by atoms with Gasteiger partial charge >= 0.3 is 0 Å².